The second kappa shape index (κ2) is 4.49. The van der Waals surface area contributed by atoms with Crippen molar-refractivity contribution in [3.8, 4) is 5.75 Å². The summed E-state index contributed by atoms with van der Waals surface area (Å²) >= 11 is 0. The fourth-order valence-electron chi connectivity index (χ4n) is 2.14. The second-order valence-corrected chi connectivity index (χ2v) is 5.84. The molecule has 0 heterocycles. The third-order valence-corrected chi connectivity index (χ3v) is 3.39. The fourth-order valence-corrected chi connectivity index (χ4v) is 2.70. The highest BCUT2D eigenvalue weighted by Crippen LogP contribution is 2.37. The molecule has 0 saturated carbocycles. The minimum atomic E-state index is -3.36. The van der Waals surface area contributed by atoms with Crippen LogP contribution in [-0.4, -0.2) is 32.7 Å². The summed E-state index contributed by atoms with van der Waals surface area (Å²) in [6, 6.07) is 3.34. The largest absolute Gasteiger partial charge is 0.494 e. The van der Waals surface area contributed by atoms with Gasteiger partial charge in [0.2, 0.25) is 10.0 Å². The number of rotatable bonds is 3. The highest BCUT2D eigenvalue weighted by molar-refractivity contribution is 7.92. The normalized spacial score (nSPS) is 16.7. The van der Waals surface area contributed by atoms with Crippen molar-refractivity contribution in [3.63, 3.8) is 0 Å². The minimum Gasteiger partial charge on any atom is -0.494 e. The zero-order valence-electron chi connectivity index (χ0n) is 10.1. The first-order valence-electron chi connectivity index (χ1n) is 5.35. The Balaban J connectivity index is 2.54. The first kappa shape index (κ1) is 12.7. The van der Waals surface area contributed by atoms with Gasteiger partial charge in [0.1, 0.15) is 5.75 Å². The van der Waals surface area contributed by atoms with Gasteiger partial charge in [-0.25, -0.2) is 8.42 Å². The summed E-state index contributed by atoms with van der Waals surface area (Å²) in [5.74, 6) is 0.483. The van der Waals surface area contributed by atoms with Crippen LogP contribution in [0.25, 0.3) is 0 Å². The van der Waals surface area contributed by atoms with Gasteiger partial charge in [-0.05, 0) is 18.9 Å². The van der Waals surface area contributed by atoms with E-state index >= 15 is 0 Å². The van der Waals surface area contributed by atoms with E-state index < -0.39 is 10.0 Å². The Morgan fingerprint density at radius 1 is 1.39 bits per heavy atom. The van der Waals surface area contributed by atoms with Gasteiger partial charge in [0.25, 0.3) is 0 Å². The number of ether oxygens (including phenoxy) is 1. The number of benzene rings is 1. The van der Waals surface area contributed by atoms with Crippen molar-refractivity contribution in [2.45, 2.75) is 12.8 Å². The van der Waals surface area contributed by atoms with Gasteiger partial charge in [-0.3, -0.25) is 4.72 Å². The Hall–Kier alpha value is -1.76. The predicted octanol–water partition coefficient (Wildman–Crippen LogP) is 1.19. The van der Waals surface area contributed by atoms with Gasteiger partial charge in [0.15, 0.2) is 0 Å². The summed E-state index contributed by atoms with van der Waals surface area (Å²) in [6.07, 6.45) is 2.36. The summed E-state index contributed by atoms with van der Waals surface area (Å²) in [7, 11) is -1.87. The quantitative estimate of drug-likeness (QED) is 0.638. The van der Waals surface area contributed by atoms with Crippen molar-refractivity contribution in [1.29, 1.82) is 0 Å². The molecule has 7 heteroatoms. The average molecular weight is 270 g/mol. The van der Waals surface area contributed by atoms with Crippen molar-refractivity contribution in [2.75, 3.05) is 18.1 Å². The number of hydrogen-bond acceptors (Lipinski definition) is 5. The van der Waals surface area contributed by atoms with Crippen LogP contribution < -0.4 is 9.46 Å². The monoisotopic (exact) mass is 270 g/mol. The summed E-state index contributed by atoms with van der Waals surface area (Å²) in [5.41, 5.74) is 2.65. The molecule has 0 unspecified atom stereocenters. The van der Waals surface area contributed by atoms with Gasteiger partial charge in [0.05, 0.1) is 24.8 Å². The van der Waals surface area contributed by atoms with E-state index in [9.17, 15) is 8.42 Å². The molecule has 0 radical (unpaired) electrons. The maximum atomic E-state index is 11.3. The van der Waals surface area contributed by atoms with Crippen LogP contribution in [0.4, 0.5) is 5.69 Å². The van der Waals surface area contributed by atoms with E-state index in [2.05, 4.69) is 9.88 Å². The summed E-state index contributed by atoms with van der Waals surface area (Å²) in [5, 5.41) is 12.1. The third-order valence-electron chi connectivity index (χ3n) is 2.80. The van der Waals surface area contributed by atoms with E-state index in [1.54, 1.807) is 12.1 Å². The Bertz CT molecular complexity index is 608. The molecule has 98 valence electrons. The Labute approximate surface area is 105 Å². The van der Waals surface area contributed by atoms with Crippen molar-refractivity contribution in [1.82, 2.24) is 0 Å². The molecule has 2 N–H and O–H groups in total. The smallest absolute Gasteiger partial charge is 0.229 e. The molecular formula is C11H14N2O4S. The van der Waals surface area contributed by atoms with E-state index in [-0.39, 0.29) is 0 Å². The molecule has 0 fully saturated rings. The zero-order chi connectivity index (χ0) is 13.3. The van der Waals surface area contributed by atoms with E-state index in [0.717, 1.165) is 17.4 Å². The van der Waals surface area contributed by atoms with E-state index in [1.807, 2.05) is 0 Å². The van der Waals surface area contributed by atoms with E-state index in [0.29, 0.717) is 30.0 Å². The molecule has 0 amide bonds. The Kier molecular flexibility index (Phi) is 3.16. The molecule has 6 nitrogen and oxygen atoms in total. The van der Waals surface area contributed by atoms with Crippen molar-refractivity contribution >= 4 is 21.4 Å². The lowest BCUT2D eigenvalue weighted by molar-refractivity contribution is 0.318. The van der Waals surface area contributed by atoms with Crippen LogP contribution in [0, 0.1) is 0 Å². The van der Waals surface area contributed by atoms with Crippen LogP contribution in [-0.2, 0) is 16.4 Å². The van der Waals surface area contributed by atoms with Crippen LogP contribution in [0.2, 0.25) is 0 Å². The SMILES string of the molecule is COc1c(NS(C)(=O)=O)ccc2c1CC/C2=N/O. The van der Waals surface area contributed by atoms with Gasteiger partial charge in [-0.2, -0.15) is 0 Å². The third kappa shape index (κ3) is 2.26. The van der Waals surface area contributed by atoms with Crippen molar-refractivity contribution < 1.29 is 18.4 Å². The summed E-state index contributed by atoms with van der Waals surface area (Å²) < 4.78 is 30.2. The van der Waals surface area contributed by atoms with Gasteiger partial charge in [-0.15, -0.1) is 0 Å². The highest BCUT2D eigenvalue weighted by Gasteiger charge is 2.24. The molecule has 1 aliphatic carbocycles. The average Bonchev–Trinajstić information content (AvgIpc) is 2.69. The summed E-state index contributed by atoms with van der Waals surface area (Å²) in [4.78, 5) is 0. The molecule has 0 aliphatic heterocycles. The molecule has 0 aromatic heterocycles. The number of hydrogen-bond donors (Lipinski definition) is 2. The molecular weight excluding hydrogens is 256 g/mol. The molecule has 1 aliphatic rings. The Morgan fingerprint density at radius 2 is 2.11 bits per heavy atom. The van der Waals surface area contributed by atoms with Crippen LogP contribution in [0.3, 0.4) is 0 Å². The molecule has 0 spiro atoms. The summed E-state index contributed by atoms with van der Waals surface area (Å²) in [6.45, 7) is 0. The molecule has 2 rings (SSSR count). The van der Waals surface area contributed by atoms with Crippen molar-refractivity contribution in [3.05, 3.63) is 23.3 Å². The molecule has 0 atom stereocenters. The van der Waals surface area contributed by atoms with E-state index in [4.69, 9.17) is 9.94 Å². The number of fused-ring (bicyclic) bond motifs is 1. The lowest BCUT2D eigenvalue weighted by Crippen LogP contribution is -2.11. The maximum Gasteiger partial charge on any atom is 0.229 e. The lowest BCUT2D eigenvalue weighted by Gasteiger charge is -2.13. The number of methoxy groups -OCH3 is 1. The first-order chi connectivity index (χ1) is 8.46. The standard InChI is InChI=1S/C11H14N2O4S/c1-17-11-8-4-5-9(12-14)7(8)3-6-10(11)13-18(2,15)16/h3,6,13-14H,4-5H2,1-2H3/b12-9-. The number of oxime groups is 1. The van der Waals surface area contributed by atoms with Gasteiger partial charge >= 0.3 is 0 Å². The first-order valence-corrected chi connectivity index (χ1v) is 7.24. The zero-order valence-corrected chi connectivity index (χ0v) is 10.9. The molecule has 0 saturated heterocycles. The number of anilines is 1. The second-order valence-electron chi connectivity index (χ2n) is 4.09. The molecule has 1 aromatic carbocycles. The van der Waals surface area contributed by atoms with Crippen LogP contribution in [0.15, 0.2) is 17.3 Å². The number of nitrogens with zero attached hydrogens (tertiary/aromatic N) is 1. The van der Waals surface area contributed by atoms with Crippen LogP contribution >= 0.6 is 0 Å². The lowest BCUT2D eigenvalue weighted by atomic mass is 10.1. The van der Waals surface area contributed by atoms with Crippen LogP contribution in [0.5, 0.6) is 5.75 Å². The predicted molar refractivity (Wildman–Crippen MR) is 68.1 cm³/mol. The highest BCUT2D eigenvalue weighted by atomic mass is 32.2. The van der Waals surface area contributed by atoms with Gasteiger partial charge < -0.3 is 9.94 Å². The van der Waals surface area contributed by atoms with Crippen LogP contribution in [0.1, 0.15) is 17.5 Å². The molecule has 18 heavy (non-hydrogen) atoms. The minimum absolute atomic E-state index is 0.401. The molecule has 0 bridgehead atoms. The maximum absolute atomic E-state index is 11.3. The van der Waals surface area contributed by atoms with Gasteiger partial charge in [-0.1, -0.05) is 11.2 Å². The Morgan fingerprint density at radius 3 is 2.67 bits per heavy atom. The number of sulfonamides is 1. The fraction of sp³-hybridized carbons (Fsp3) is 0.364. The van der Waals surface area contributed by atoms with Gasteiger partial charge in [0, 0.05) is 11.1 Å². The van der Waals surface area contributed by atoms with E-state index in [1.165, 1.54) is 7.11 Å². The topological polar surface area (TPSA) is 88.0 Å². The molecule has 1 aromatic rings. The van der Waals surface area contributed by atoms with Crippen molar-refractivity contribution in [2.24, 2.45) is 5.16 Å². The number of nitrogens with one attached hydrogen (secondary N) is 1.